The molecule has 2 aromatic heterocycles. The normalized spacial score (nSPS) is 12.2. The Labute approximate surface area is 147 Å². The van der Waals surface area contributed by atoms with Crippen LogP contribution < -0.4 is 10.6 Å². The number of urea groups is 1. The summed E-state index contributed by atoms with van der Waals surface area (Å²) in [7, 11) is 0. The van der Waals surface area contributed by atoms with Crippen LogP contribution in [0.3, 0.4) is 0 Å². The van der Waals surface area contributed by atoms with E-state index in [1.165, 1.54) is 0 Å². The van der Waals surface area contributed by atoms with E-state index in [2.05, 4.69) is 20.8 Å². The number of thioether (sulfide) groups is 1. The standard InChI is InChI=1S/C13H15Cl2N5O2S/c1-3-7(2)16-12(22)17-10(21)6-23-13-19-18-11-9(15)4-8(14)5-20(11)13/h4-5,7H,3,6H2,1-2H3,(H2,16,17,21,22)/t7-/m0/s1. The minimum Gasteiger partial charge on any atom is -0.335 e. The molecule has 23 heavy (non-hydrogen) atoms. The Balaban J connectivity index is 1.96. The highest BCUT2D eigenvalue weighted by Crippen LogP contribution is 2.25. The highest BCUT2D eigenvalue weighted by molar-refractivity contribution is 7.99. The molecule has 0 unspecified atom stereocenters. The lowest BCUT2D eigenvalue weighted by Crippen LogP contribution is -2.43. The van der Waals surface area contributed by atoms with Crippen molar-refractivity contribution >= 4 is 52.5 Å². The molecule has 0 fully saturated rings. The Morgan fingerprint density at radius 1 is 1.39 bits per heavy atom. The average molecular weight is 376 g/mol. The third-order valence-corrected chi connectivity index (χ3v) is 4.40. The summed E-state index contributed by atoms with van der Waals surface area (Å²) in [4.78, 5) is 23.4. The van der Waals surface area contributed by atoms with E-state index in [0.717, 1.165) is 18.2 Å². The fourth-order valence-corrected chi connectivity index (χ4v) is 2.87. The number of fused-ring (bicyclic) bond motifs is 1. The maximum absolute atomic E-state index is 11.8. The summed E-state index contributed by atoms with van der Waals surface area (Å²) >= 11 is 13.1. The highest BCUT2D eigenvalue weighted by Gasteiger charge is 2.14. The molecule has 0 saturated carbocycles. The quantitative estimate of drug-likeness (QED) is 0.784. The first-order chi connectivity index (χ1) is 10.9. The molecule has 2 N–H and O–H groups in total. The number of pyridine rings is 1. The van der Waals surface area contributed by atoms with E-state index in [1.54, 1.807) is 16.7 Å². The molecular formula is C13H15Cl2N5O2S. The van der Waals surface area contributed by atoms with Crippen molar-refractivity contribution in [2.45, 2.75) is 31.5 Å². The summed E-state index contributed by atoms with van der Waals surface area (Å²) in [6.45, 7) is 3.80. The van der Waals surface area contributed by atoms with Crippen molar-refractivity contribution in [3.63, 3.8) is 0 Å². The van der Waals surface area contributed by atoms with Gasteiger partial charge in [0.1, 0.15) is 0 Å². The van der Waals surface area contributed by atoms with Crippen molar-refractivity contribution in [2.75, 3.05) is 5.75 Å². The molecule has 0 aliphatic rings. The summed E-state index contributed by atoms with van der Waals surface area (Å²) in [5, 5.41) is 14.1. The van der Waals surface area contributed by atoms with Crippen LogP contribution in [0.4, 0.5) is 4.79 Å². The molecule has 2 heterocycles. The summed E-state index contributed by atoms with van der Waals surface area (Å²) < 4.78 is 1.60. The minimum absolute atomic E-state index is 0.000163. The van der Waals surface area contributed by atoms with Crippen molar-refractivity contribution in [2.24, 2.45) is 0 Å². The largest absolute Gasteiger partial charge is 0.335 e. The number of imide groups is 1. The zero-order valence-corrected chi connectivity index (χ0v) is 14.8. The number of hydrogen-bond acceptors (Lipinski definition) is 5. The van der Waals surface area contributed by atoms with Crippen molar-refractivity contribution < 1.29 is 9.59 Å². The first kappa shape index (κ1) is 17.8. The lowest BCUT2D eigenvalue weighted by Gasteiger charge is -2.11. The van der Waals surface area contributed by atoms with Crippen LogP contribution in [0.1, 0.15) is 20.3 Å². The van der Waals surface area contributed by atoms with Crippen LogP contribution in [0.5, 0.6) is 0 Å². The average Bonchev–Trinajstić information content (AvgIpc) is 2.88. The molecule has 0 spiro atoms. The molecule has 0 aromatic carbocycles. The van der Waals surface area contributed by atoms with Crippen LogP contribution in [0.15, 0.2) is 17.4 Å². The molecule has 1 atom stereocenters. The van der Waals surface area contributed by atoms with Crippen LogP contribution in [-0.4, -0.2) is 38.3 Å². The molecule has 10 heteroatoms. The fourth-order valence-electron chi connectivity index (χ4n) is 1.66. The Kier molecular flexibility index (Phi) is 6.09. The van der Waals surface area contributed by atoms with Crippen molar-refractivity contribution in [1.29, 1.82) is 0 Å². The van der Waals surface area contributed by atoms with Gasteiger partial charge in [-0.15, -0.1) is 10.2 Å². The molecule has 0 radical (unpaired) electrons. The van der Waals surface area contributed by atoms with E-state index < -0.39 is 11.9 Å². The van der Waals surface area contributed by atoms with E-state index in [9.17, 15) is 9.59 Å². The van der Waals surface area contributed by atoms with Gasteiger partial charge < -0.3 is 5.32 Å². The van der Waals surface area contributed by atoms with Gasteiger partial charge in [-0.3, -0.25) is 14.5 Å². The van der Waals surface area contributed by atoms with Gasteiger partial charge in [0, 0.05) is 12.2 Å². The first-order valence-electron chi connectivity index (χ1n) is 6.83. The lowest BCUT2D eigenvalue weighted by atomic mass is 10.3. The summed E-state index contributed by atoms with van der Waals surface area (Å²) in [5.74, 6) is -0.417. The number of halogens is 2. The SMILES string of the molecule is CC[C@H](C)NC(=O)NC(=O)CSc1nnc2c(Cl)cc(Cl)cn12. The monoisotopic (exact) mass is 375 g/mol. The number of aromatic nitrogens is 3. The number of carbonyl (C=O) groups is 2. The van der Waals surface area contributed by atoms with E-state index in [-0.39, 0.29) is 11.8 Å². The molecule has 0 aliphatic carbocycles. The molecule has 2 rings (SSSR count). The van der Waals surface area contributed by atoms with E-state index >= 15 is 0 Å². The van der Waals surface area contributed by atoms with Crippen LogP contribution in [0.25, 0.3) is 5.65 Å². The predicted molar refractivity (Wildman–Crippen MR) is 90.2 cm³/mol. The van der Waals surface area contributed by atoms with Gasteiger partial charge in [0.2, 0.25) is 5.91 Å². The van der Waals surface area contributed by atoms with Gasteiger partial charge in [0.05, 0.1) is 15.8 Å². The number of rotatable bonds is 5. The summed E-state index contributed by atoms with van der Waals surface area (Å²) in [5.41, 5.74) is 0.452. The van der Waals surface area contributed by atoms with Crippen LogP contribution in [-0.2, 0) is 4.79 Å². The number of hydrogen-bond donors (Lipinski definition) is 2. The zero-order valence-electron chi connectivity index (χ0n) is 12.5. The van der Waals surface area contributed by atoms with Crippen molar-refractivity contribution in [3.05, 3.63) is 22.3 Å². The van der Waals surface area contributed by atoms with Gasteiger partial charge in [0.15, 0.2) is 10.8 Å². The second-order valence-electron chi connectivity index (χ2n) is 4.80. The van der Waals surface area contributed by atoms with Gasteiger partial charge in [-0.1, -0.05) is 41.9 Å². The van der Waals surface area contributed by atoms with Gasteiger partial charge in [-0.25, -0.2) is 4.79 Å². The van der Waals surface area contributed by atoms with Gasteiger partial charge in [-0.2, -0.15) is 0 Å². The first-order valence-corrected chi connectivity index (χ1v) is 8.57. The van der Waals surface area contributed by atoms with Crippen molar-refractivity contribution in [3.8, 4) is 0 Å². The Bertz CT molecular complexity index is 736. The molecule has 0 aliphatic heterocycles. The van der Waals surface area contributed by atoms with E-state index in [4.69, 9.17) is 23.2 Å². The van der Waals surface area contributed by atoms with Crippen molar-refractivity contribution in [1.82, 2.24) is 25.2 Å². The molecule has 0 saturated heterocycles. The third-order valence-electron chi connectivity index (χ3n) is 2.97. The predicted octanol–water partition coefficient (Wildman–Crippen LogP) is 2.75. The molecule has 3 amide bonds. The van der Waals surface area contributed by atoms with Crippen LogP contribution >= 0.6 is 35.0 Å². The van der Waals surface area contributed by atoms with Gasteiger partial charge in [0.25, 0.3) is 0 Å². The minimum atomic E-state index is -0.512. The molecular weight excluding hydrogens is 361 g/mol. The smallest absolute Gasteiger partial charge is 0.321 e. The van der Waals surface area contributed by atoms with Crippen LogP contribution in [0, 0.1) is 0 Å². The van der Waals surface area contributed by atoms with Gasteiger partial charge >= 0.3 is 6.03 Å². The lowest BCUT2D eigenvalue weighted by molar-refractivity contribution is -0.117. The fraction of sp³-hybridized carbons (Fsp3) is 0.385. The molecule has 0 bridgehead atoms. The third kappa shape index (κ3) is 4.73. The maximum atomic E-state index is 11.8. The number of amides is 3. The van der Waals surface area contributed by atoms with Gasteiger partial charge in [-0.05, 0) is 19.4 Å². The Morgan fingerprint density at radius 2 is 2.13 bits per heavy atom. The van der Waals surface area contributed by atoms with E-state index in [1.807, 2.05) is 13.8 Å². The Hall–Kier alpha value is -1.51. The highest BCUT2D eigenvalue weighted by atomic mass is 35.5. The Morgan fingerprint density at radius 3 is 2.83 bits per heavy atom. The summed E-state index contributed by atoms with van der Waals surface area (Å²) in [6, 6.07) is 1.05. The summed E-state index contributed by atoms with van der Waals surface area (Å²) in [6.07, 6.45) is 2.39. The van der Waals surface area contributed by atoms with E-state index in [0.29, 0.717) is 20.8 Å². The maximum Gasteiger partial charge on any atom is 0.321 e. The molecule has 7 nitrogen and oxygen atoms in total. The zero-order chi connectivity index (χ0) is 17.0. The number of nitrogens with one attached hydrogen (secondary N) is 2. The molecule has 2 aromatic rings. The van der Waals surface area contributed by atoms with Crippen LogP contribution in [0.2, 0.25) is 10.0 Å². The number of carbonyl (C=O) groups excluding carboxylic acids is 2. The topological polar surface area (TPSA) is 88.4 Å². The second-order valence-corrected chi connectivity index (χ2v) is 6.59. The molecule has 124 valence electrons. The second kappa shape index (κ2) is 7.85. The number of nitrogens with zero attached hydrogens (tertiary/aromatic N) is 3.